The van der Waals surface area contributed by atoms with Crippen molar-refractivity contribution in [2.45, 2.75) is 69.4 Å². The zero-order valence-electron chi connectivity index (χ0n) is 17.2. The largest absolute Gasteiger partial charge is 0.497 e. The summed E-state index contributed by atoms with van der Waals surface area (Å²) in [7, 11) is 1.67. The van der Waals surface area contributed by atoms with Crippen molar-refractivity contribution in [1.29, 1.82) is 0 Å². The van der Waals surface area contributed by atoms with Gasteiger partial charge in [-0.25, -0.2) is 0 Å². The van der Waals surface area contributed by atoms with Gasteiger partial charge in [0.25, 0.3) is 0 Å². The molecule has 1 aromatic carbocycles. The monoisotopic (exact) mass is 394 g/mol. The van der Waals surface area contributed by atoms with E-state index in [1.54, 1.807) is 7.11 Å². The Morgan fingerprint density at radius 3 is 2.69 bits per heavy atom. The van der Waals surface area contributed by atoms with Gasteiger partial charge in [0.05, 0.1) is 12.5 Å². The van der Waals surface area contributed by atoms with Gasteiger partial charge in [-0.1, -0.05) is 12.1 Å². The van der Waals surface area contributed by atoms with E-state index in [1.165, 1.54) is 12.8 Å². The molecule has 29 heavy (non-hydrogen) atoms. The highest BCUT2D eigenvalue weighted by molar-refractivity contribution is 5.91. The van der Waals surface area contributed by atoms with Crippen LogP contribution in [0.5, 0.6) is 5.75 Å². The zero-order chi connectivity index (χ0) is 19.8. The van der Waals surface area contributed by atoms with Gasteiger partial charge in [0, 0.05) is 25.6 Å². The lowest BCUT2D eigenvalue weighted by molar-refractivity contribution is -0.134. The Morgan fingerprint density at radius 2 is 2.00 bits per heavy atom. The summed E-state index contributed by atoms with van der Waals surface area (Å²) >= 11 is 0. The van der Waals surface area contributed by atoms with Crippen molar-refractivity contribution in [3.63, 3.8) is 0 Å². The van der Waals surface area contributed by atoms with Gasteiger partial charge >= 0.3 is 0 Å². The lowest BCUT2D eigenvalue weighted by atomic mass is 9.93. The van der Waals surface area contributed by atoms with Crippen LogP contribution in [0.1, 0.15) is 56.3 Å². The van der Waals surface area contributed by atoms with E-state index in [0.29, 0.717) is 11.9 Å². The number of hydrogen-bond acceptors (Lipinski definition) is 4. The van der Waals surface area contributed by atoms with E-state index in [2.05, 4.69) is 31.8 Å². The lowest BCUT2D eigenvalue weighted by Crippen LogP contribution is -2.42. The Bertz CT molecular complexity index is 867. The molecule has 0 radical (unpaired) electrons. The van der Waals surface area contributed by atoms with E-state index in [1.807, 2.05) is 18.5 Å². The molecule has 1 aliphatic heterocycles. The first kappa shape index (κ1) is 18.6. The number of nitrogens with zero attached hydrogens (tertiary/aromatic N) is 4. The minimum atomic E-state index is -0.305. The molecule has 1 unspecified atom stereocenters. The molecule has 2 heterocycles. The highest BCUT2D eigenvalue weighted by atomic mass is 16.5. The van der Waals surface area contributed by atoms with Crippen molar-refractivity contribution in [3.8, 4) is 5.75 Å². The molecule has 1 aromatic heterocycles. The maximum Gasteiger partial charge on any atom is 0.233 e. The Hall–Kier alpha value is -2.37. The standard InChI is InChI=1S/C23H30N4O2/c1-29-20-9-6-18(7-10-20)23(12-13-23)22(28)27-14-2-3-19(27)8-11-21-25-24-16-26(21)15-17-4-5-17/h6-7,9-10,16-17,19H,2-5,8,11-15H2,1H3. The van der Waals surface area contributed by atoms with Crippen LogP contribution in [0.3, 0.4) is 0 Å². The average molecular weight is 395 g/mol. The normalized spacial score (nSPS) is 22.7. The first-order valence-electron chi connectivity index (χ1n) is 11.0. The van der Waals surface area contributed by atoms with E-state index in [0.717, 1.165) is 74.7 Å². The van der Waals surface area contributed by atoms with E-state index in [-0.39, 0.29) is 5.41 Å². The number of likely N-dealkylation sites (tertiary alicyclic amines) is 1. The summed E-state index contributed by atoms with van der Waals surface area (Å²) in [5.41, 5.74) is 0.832. The molecule has 1 atom stereocenters. The highest BCUT2D eigenvalue weighted by Gasteiger charge is 2.54. The first-order chi connectivity index (χ1) is 14.2. The van der Waals surface area contributed by atoms with Crippen molar-refractivity contribution >= 4 is 5.91 Å². The summed E-state index contributed by atoms with van der Waals surface area (Å²) in [5.74, 6) is 3.05. The molecule has 1 saturated heterocycles. The summed E-state index contributed by atoms with van der Waals surface area (Å²) in [6.45, 7) is 1.94. The van der Waals surface area contributed by atoms with Crippen molar-refractivity contribution in [1.82, 2.24) is 19.7 Å². The second-order valence-electron chi connectivity index (χ2n) is 8.99. The first-order valence-corrected chi connectivity index (χ1v) is 11.0. The lowest BCUT2D eigenvalue weighted by Gasteiger charge is -2.29. The number of hydrogen-bond donors (Lipinski definition) is 0. The SMILES string of the molecule is COc1ccc(C2(C(=O)N3CCCC3CCc3nncn3CC3CC3)CC2)cc1. The van der Waals surface area contributed by atoms with Gasteiger partial charge < -0.3 is 14.2 Å². The molecular weight excluding hydrogens is 364 g/mol. The van der Waals surface area contributed by atoms with E-state index in [4.69, 9.17) is 4.74 Å². The minimum absolute atomic E-state index is 0.305. The number of aromatic nitrogens is 3. The van der Waals surface area contributed by atoms with Gasteiger partial charge in [-0.05, 0) is 68.6 Å². The number of carbonyl (C=O) groups is 1. The van der Waals surface area contributed by atoms with Crippen LogP contribution < -0.4 is 4.74 Å². The molecular formula is C23H30N4O2. The van der Waals surface area contributed by atoms with Gasteiger partial charge in [-0.15, -0.1) is 10.2 Å². The summed E-state index contributed by atoms with van der Waals surface area (Å²) in [5, 5.41) is 8.48. The minimum Gasteiger partial charge on any atom is -0.497 e. The number of carbonyl (C=O) groups excluding carboxylic acids is 1. The van der Waals surface area contributed by atoms with Crippen molar-refractivity contribution in [2.75, 3.05) is 13.7 Å². The summed E-state index contributed by atoms with van der Waals surface area (Å²) in [6, 6.07) is 8.39. The van der Waals surface area contributed by atoms with Crippen LogP contribution in [-0.4, -0.2) is 45.3 Å². The Balaban J connectivity index is 1.25. The third-order valence-corrected chi connectivity index (χ3v) is 6.99. The van der Waals surface area contributed by atoms with E-state index < -0.39 is 0 Å². The predicted molar refractivity (Wildman–Crippen MR) is 110 cm³/mol. The molecule has 1 amide bonds. The van der Waals surface area contributed by atoms with Gasteiger partial charge in [-0.2, -0.15) is 0 Å². The van der Waals surface area contributed by atoms with Gasteiger partial charge in [0.15, 0.2) is 0 Å². The quantitative estimate of drug-likeness (QED) is 0.689. The van der Waals surface area contributed by atoms with Crippen LogP contribution >= 0.6 is 0 Å². The molecule has 3 fully saturated rings. The molecule has 2 aromatic rings. The molecule has 2 saturated carbocycles. The number of amides is 1. The third-order valence-electron chi connectivity index (χ3n) is 6.99. The van der Waals surface area contributed by atoms with Crippen LogP contribution in [-0.2, 0) is 23.2 Å². The average Bonchev–Trinajstić information content (AvgIpc) is 3.65. The van der Waals surface area contributed by atoms with Crippen LogP contribution in [0.2, 0.25) is 0 Å². The van der Waals surface area contributed by atoms with Crippen LogP contribution in [0.25, 0.3) is 0 Å². The van der Waals surface area contributed by atoms with Crippen molar-refractivity contribution in [2.24, 2.45) is 5.92 Å². The topological polar surface area (TPSA) is 60.2 Å². The van der Waals surface area contributed by atoms with E-state index >= 15 is 0 Å². The predicted octanol–water partition coefficient (Wildman–Crippen LogP) is 3.35. The van der Waals surface area contributed by atoms with Crippen molar-refractivity contribution in [3.05, 3.63) is 42.0 Å². The molecule has 6 nitrogen and oxygen atoms in total. The fourth-order valence-corrected chi connectivity index (χ4v) is 4.84. The Morgan fingerprint density at radius 1 is 1.21 bits per heavy atom. The molecule has 0 bridgehead atoms. The molecule has 154 valence electrons. The number of aryl methyl sites for hydroxylation is 1. The smallest absolute Gasteiger partial charge is 0.233 e. The molecule has 5 rings (SSSR count). The fourth-order valence-electron chi connectivity index (χ4n) is 4.84. The number of benzene rings is 1. The third kappa shape index (κ3) is 3.65. The number of ether oxygens (including phenoxy) is 1. The zero-order valence-corrected chi connectivity index (χ0v) is 17.2. The van der Waals surface area contributed by atoms with Gasteiger partial charge in [-0.3, -0.25) is 4.79 Å². The molecule has 6 heteroatoms. The summed E-state index contributed by atoms with van der Waals surface area (Å²) in [4.78, 5) is 15.7. The molecule has 3 aliphatic rings. The fraction of sp³-hybridized carbons (Fsp3) is 0.609. The Labute approximate surface area is 172 Å². The van der Waals surface area contributed by atoms with Crippen LogP contribution in [0.4, 0.5) is 0 Å². The maximum atomic E-state index is 13.5. The number of rotatable bonds is 8. The summed E-state index contributed by atoms with van der Waals surface area (Å²) in [6.07, 6.45) is 10.5. The maximum absolute atomic E-state index is 13.5. The molecule has 0 N–H and O–H groups in total. The Kier molecular flexibility index (Phi) is 4.80. The van der Waals surface area contributed by atoms with Gasteiger partial charge in [0.2, 0.25) is 5.91 Å². The van der Waals surface area contributed by atoms with Crippen LogP contribution in [0, 0.1) is 5.92 Å². The molecule has 0 spiro atoms. The van der Waals surface area contributed by atoms with Crippen LogP contribution in [0.15, 0.2) is 30.6 Å². The summed E-state index contributed by atoms with van der Waals surface area (Å²) < 4.78 is 7.50. The second kappa shape index (κ2) is 7.47. The van der Waals surface area contributed by atoms with Gasteiger partial charge in [0.1, 0.15) is 17.9 Å². The van der Waals surface area contributed by atoms with Crippen molar-refractivity contribution < 1.29 is 9.53 Å². The second-order valence-corrected chi connectivity index (χ2v) is 8.99. The number of methoxy groups -OCH3 is 1. The molecule has 2 aliphatic carbocycles. The van der Waals surface area contributed by atoms with E-state index in [9.17, 15) is 4.79 Å². The highest BCUT2D eigenvalue weighted by Crippen LogP contribution is 2.50.